The standard InChI is InChI=1S/C18H23NO3S/c1-5-7-16-12(6-2)10-17(23-16)18(20)19-14-9-8-13(21-3)11-15(14)22-4/h8-11H,5-7H2,1-4H3,(H,19,20). The molecule has 0 aliphatic heterocycles. The predicted octanol–water partition coefficient (Wildman–Crippen LogP) is 4.53. The van der Waals surface area contributed by atoms with Crippen LogP contribution in [0, 0.1) is 0 Å². The monoisotopic (exact) mass is 333 g/mol. The first-order valence-corrected chi connectivity index (χ1v) is 8.59. The molecule has 0 atom stereocenters. The van der Waals surface area contributed by atoms with Gasteiger partial charge in [0.05, 0.1) is 24.8 Å². The van der Waals surface area contributed by atoms with E-state index in [0.717, 1.165) is 24.1 Å². The van der Waals surface area contributed by atoms with Crippen molar-refractivity contribution in [1.82, 2.24) is 0 Å². The molecule has 2 rings (SSSR count). The lowest BCUT2D eigenvalue weighted by Crippen LogP contribution is -2.11. The quantitative estimate of drug-likeness (QED) is 0.809. The minimum atomic E-state index is -0.101. The van der Waals surface area contributed by atoms with Gasteiger partial charge in [-0.15, -0.1) is 11.3 Å². The average molecular weight is 333 g/mol. The molecular weight excluding hydrogens is 310 g/mol. The normalized spacial score (nSPS) is 10.4. The van der Waals surface area contributed by atoms with Crippen LogP contribution in [0.3, 0.4) is 0 Å². The molecular formula is C18H23NO3S. The van der Waals surface area contributed by atoms with Crippen LogP contribution >= 0.6 is 11.3 Å². The van der Waals surface area contributed by atoms with E-state index in [2.05, 4.69) is 19.2 Å². The van der Waals surface area contributed by atoms with Gasteiger partial charge in [-0.25, -0.2) is 0 Å². The molecule has 4 nitrogen and oxygen atoms in total. The molecule has 0 spiro atoms. The second kappa shape index (κ2) is 8.02. The highest BCUT2D eigenvalue weighted by molar-refractivity contribution is 7.14. The van der Waals surface area contributed by atoms with E-state index in [1.807, 2.05) is 6.07 Å². The van der Waals surface area contributed by atoms with Gasteiger partial charge in [-0.05, 0) is 36.6 Å². The number of hydrogen-bond donors (Lipinski definition) is 1. The highest BCUT2D eigenvalue weighted by atomic mass is 32.1. The van der Waals surface area contributed by atoms with Gasteiger partial charge in [0.25, 0.3) is 5.91 Å². The van der Waals surface area contributed by atoms with Crippen molar-refractivity contribution in [2.24, 2.45) is 0 Å². The molecule has 0 fully saturated rings. The number of hydrogen-bond acceptors (Lipinski definition) is 4. The fourth-order valence-corrected chi connectivity index (χ4v) is 3.65. The number of thiophene rings is 1. The number of benzene rings is 1. The maximum absolute atomic E-state index is 12.5. The van der Waals surface area contributed by atoms with Crippen LogP contribution in [0.15, 0.2) is 24.3 Å². The van der Waals surface area contributed by atoms with Crippen molar-refractivity contribution < 1.29 is 14.3 Å². The molecule has 0 saturated heterocycles. The van der Waals surface area contributed by atoms with Crippen molar-refractivity contribution in [1.29, 1.82) is 0 Å². The van der Waals surface area contributed by atoms with Crippen LogP contribution < -0.4 is 14.8 Å². The van der Waals surface area contributed by atoms with Gasteiger partial charge in [-0.2, -0.15) is 0 Å². The Balaban J connectivity index is 2.22. The zero-order chi connectivity index (χ0) is 16.8. The maximum atomic E-state index is 12.5. The molecule has 0 aliphatic rings. The first-order chi connectivity index (χ1) is 11.1. The topological polar surface area (TPSA) is 47.6 Å². The van der Waals surface area contributed by atoms with Crippen LogP contribution in [0.5, 0.6) is 11.5 Å². The smallest absolute Gasteiger partial charge is 0.265 e. The largest absolute Gasteiger partial charge is 0.497 e. The van der Waals surface area contributed by atoms with Crippen molar-refractivity contribution in [3.8, 4) is 11.5 Å². The first kappa shape index (κ1) is 17.3. The summed E-state index contributed by atoms with van der Waals surface area (Å²) in [4.78, 5) is 14.6. The van der Waals surface area contributed by atoms with E-state index in [4.69, 9.17) is 9.47 Å². The zero-order valence-electron chi connectivity index (χ0n) is 14.1. The van der Waals surface area contributed by atoms with E-state index in [1.54, 1.807) is 43.8 Å². The minimum Gasteiger partial charge on any atom is -0.497 e. The van der Waals surface area contributed by atoms with Crippen molar-refractivity contribution in [3.63, 3.8) is 0 Å². The Morgan fingerprint density at radius 2 is 1.96 bits per heavy atom. The van der Waals surface area contributed by atoms with E-state index in [9.17, 15) is 4.79 Å². The average Bonchev–Trinajstić information content (AvgIpc) is 2.98. The highest BCUT2D eigenvalue weighted by Gasteiger charge is 2.15. The van der Waals surface area contributed by atoms with Gasteiger partial charge < -0.3 is 14.8 Å². The number of rotatable bonds is 7. The van der Waals surface area contributed by atoms with E-state index >= 15 is 0 Å². The summed E-state index contributed by atoms with van der Waals surface area (Å²) in [6.45, 7) is 4.27. The molecule has 0 saturated carbocycles. The number of aryl methyl sites for hydroxylation is 2. The molecule has 1 aromatic heterocycles. The van der Waals surface area contributed by atoms with Crippen molar-refractivity contribution >= 4 is 22.9 Å². The molecule has 5 heteroatoms. The van der Waals surface area contributed by atoms with Crippen LogP contribution in [0.1, 0.15) is 40.4 Å². The zero-order valence-corrected chi connectivity index (χ0v) is 14.9. The maximum Gasteiger partial charge on any atom is 0.265 e. The molecule has 2 aromatic rings. The number of ether oxygens (including phenoxy) is 2. The van der Waals surface area contributed by atoms with Crippen LogP contribution in [-0.2, 0) is 12.8 Å². The lowest BCUT2D eigenvalue weighted by Gasteiger charge is -2.11. The van der Waals surface area contributed by atoms with Crippen LogP contribution in [0.4, 0.5) is 5.69 Å². The van der Waals surface area contributed by atoms with Gasteiger partial charge in [-0.1, -0.05) is 20.3 Å². The van der Waals surface area contributed by atoms with Crippen molar-refractivity contribution in [2.45, 2.75) is 33.1 Å². The van der Waals surface area contributed by atoms with E-state index < -0.39 is 0 Å². The molecule has 1 aromatic carbocycles. The molecule has 1 heterocycles. The first-order valence-electron chi connectivity index (χ1n) is 7.77. The second-order valence-electron chi connectivity index (χ2n) is 5.18. The molecule has 1 N–H and O–H groups in total. The number of amides is 1. The van der Waals surface area contributed by atoms with Crippen LogP contribution in [0.2, 0.25) is 0 Å². The van der Waals surface area contributed by atoms with Crippen LogP contribution in [0.25, 0.3) is 0 Å². The number of carbonyl (C=O) groups is 1. The summed E-state index contributed by atoms with van der Waals surface area (Å²) in [5, 5.41) is 2.93. The molecule has 124 valence electrons. The third kappa shape index (κ3) is 4.05. The number of anilines is 1. The van der Waals surface area contributed by atoms with Gasteiger partial charge in [0, 0.05) is 10.9 Å². The molecule has 0 aliphatic carbocycles. The Morgan fingerprint density at radius 3 is 2.57 bits per heavy atom. The van der Waals surface area contributed by atoms with Gasteiger partial charge in [0.1, 0.15) is 11.5 Å². The molecule has 23 heavy (non-hydrogen) atoms. The van der Waals surface area contributed by atoms with Crippen LogP contribution in [-0.4, -0.2) is 20.1 Å². The Morgan fingerprint density at radius 1 is 1.17 bits per heavy atom. The number of carbonyl (C=O) groups excluding carboxylic acids is 1. The van der Waals surface area contributed by atoms with E-state index in [1.165, 1.54) is 10.4 Å². The third-order valence-electron chi connectivity index (χ3n) is 3.64. The fraction of sp³-hybridized carbons (Fsp3) is 0.389. The molecule has 0 bridgehead atoms. The van der Waals surface area contributed by atoms with Gasteiger partial charge in [-0.3, -0.25) is 4.79 Å². The Labute approximate surface area is 141 Å². The van der Waals surface area contributed by atoms with Gasteiger partial charge in [0.15, 0.2) is 0 Å². The SMILES string of the molecule is CCCc1sc(C(=O)Nc2ccc(OC)cc2OC)cc1CC. The van der Waals surface area contributed by atoms with Gasteiger partial charge in [0.2, 0.25) is 0 Å². The summed E-state index contributed by atoms with van der Waals surface area (Å²) in [6.07, 6.45) is 3.05. The minimum absolute atomic E-state index is 0.101. The predicted molar refractivity (Wildman–Crippen MR) is 95.2 cm³/mol. The van der Waals surface area contributed by atoms with E-state index in [-0.39, 0.29) is 5.91 Å². The lowest BCUT2D eigenvalue weighted by molar-refractivity contribution is 0.103. The highest BCUT2D eigenvalue weighted by Crippen LogP contribution is 2.31. The Bertz CT molecular complexity index is 679. The Kier molecular flexibility index (Phi) is 6.04. The lowest BCUT2D eigenvalue weighted by atomic mass is 10.1. The summed E-state index contributed by atoms with van der Waals surface area (Å²) in [5.41, 5.74) is 1.91. The summed E-state index contributed by atoms with van der Waals surface area (Å²) >= 11 is 1.58. The molecule has 0 unspecified atom stereocenters. The fourth-order valence-electron chi connectivity index (χ4n) is 2.40. The summed E-state index contributed by atoms with van der Waals surface area (Å²) in [5.74, 6) is 1.17. The third-order valence-corrected chi connectivity index (χ3v) is 4.87. The number of nitrogens with one attached hydrogen (secondary N) is 1. The van der Waals surface area contributed by atoms with E-state index in [0.29, 0.717) is 17.2 Å². The Hall–Kier alpha value is -2.01. The second-order valence-corrected chi connectivity index (χ2v) is 6.32. The number of methoxy groups -OCH3 is 2. The molecule has 1 amide bonds. The summed E-state index contributed by atoms with van der Waals surface area (Å²) in [6, 6.07) is 7.34. The van der Waals surface area contributed by atoms with Crippen molar-refractivity contribution in [2.75, 3.05) is 19.5 Å². The summed E-state index contributed by atoms with van der Waals surface area (Å²) < 4.78 is 10.5. The van der Waals surface area contributed by atoms with Crippen molar-refractivity contribution in [3.05, 3.63) is 39.6 Å². The summed E-state index contributed by atoms with van der Waals surface area (Å²) in [7, 11) is 3.17. The van der Waals surface area contributed by atoms with Gasteiger partial charge >= 0.3 is 0 Å². The molecule has 0 radical (unpaired) electrons.